The van der Waals surface area contributed by atoms with E-state index in [0.717, 1.165) is 42.9 Å². The van der Waals surface area contributed by atoms with Crippen LogP contribution in [0.5, 0.6) is 11.5 Å². The van der Waals surface area contributed by atoms with Crippen LogP contribution in [0.1, 0.15) is 52.7 Å². The van der Waals surface area contributed by atoms with Crippen LogP contribution in [0.4, 0.5) is 5.69 Å². The Balaban J connectivity index is 1.24. The van der Waals surface area contributed by atoms with Gasteiger partial charge >= 0.3 is 21.5 Å². The molecule has 1 saturated carbocycles. The van der Waals surface area contributed by atoms with Crippen LogP contribution in [0.15, 0.2) is 108 Å². The molecule has 5 aromatic rings. The largest absolute Gasteiger partial charge is 0.501 e. The first-order valence-electron chi connectivity index (χ1n) is 15.8. The van der Waals surface area contributed by atoms with E-state index >= 15 is 0 Å². The molecule has 0 atom stereocenters. The van der Waals surface area contributed by atoms with Gasteiger partial charge in [-0.1, -0.05) is 97.8 Å². The van der Waals surface area contributed by atoms with E-state index in [1.54, 1.807) is 60.7 Å². The number of rotatable bonds is 7. The molecule has 51 heavy (non-hydrogen) atoms. The maximum atomic E-state index is 13.5. The fourth-order valence-corrected chi connectivity index (χ4v) is 9.37. The summed E-state index contributed by atoms with van der Waals surface area (Å²) in [5.41, 5.74) is 8.30. The first-order chi connectivity index (χ1) is 24.4. The van der Waals surface area contributed by atoms with Crippen molar-refractivity contribution in [3.8, 4) is 22.6 Å². The number of hydrogen-bond acceptors (Lipinski definition) is 9. The molecule has 0 spiro atoms. The summed E-state index contributed by atoms with van der Waals surface area (Å²) in [5.74, 6) is -0.966. The second-order valence-electron chi connectivity index (χ2n) is 12.3. The van der Waals surface area contributed by atoms with Crippen LogP contribution in [-0.2, 0) is 25.7 Å². The summed E-state index contributed by atoms with van der Waals surface area (Å²) in [6, 6.07) is 25.8. The van der Waals surface area contributed by atoms with Gasteiger partial charge in [0.25, 0.3) is 15.9 Å². The van der Waals surface area contributed by atoms with Gasteiger partial charge in [-0.05, 0) is 41.7 Å². The molecule has 0 radical (unpaired) electrons. The van der Waals surface area contributed by atoms with Crippen molar-refractivity contribution in [2.75, 3.05) is 0 Å². The topological polar surface area (TPSA) is 201 Å². The Morgan fingerprint density at radius 2 is 1.35 bits per heavy atom. The monoisotopic (exact) mass is 720 g/mol. The van der Waals surface area contributed by atoms with Crippen LogP contribution in [0.2, 0.25) is 0 Å². The normalized spacial score (nSPS) is 15.5. The van der Waals surface area contributed by atoms with Crippen LogP contribution >= 0.6 is 0 Å². The van der Waals surface area contributed by atoms with Crippen LogP contribution < -0.4 is 4.18 Å². The zero-order chi connectivity index (χ0) is 36.1. The lowest BCUT2D eigenvalue weighted by molar-refractivity contribution is -0.117. The number of nitrogens with one attached hydrogen (secondary N) is 1. The standard InChI is InChI=1S/C37H26N4O8S2/c38-40-30-21-31(26-7-1-2-8-27(26)34(30)42)51(47,48)49-25-17-15-24(16-18-25)37(19-5-6-20-37)23-13-11-22(12-14-23)32-33(41-39)35(43)28-9-3-4-10-29(28)36(32)50(44,45)46/h1-4,7-18,21,38H,5-6,19-20H2/p+2. The summed E-state index contributed by atoms with van der Waals surface area (Å²) in [6.45, 7) is 0. The molecule has 1 fully saturated rings. The highest BCUT2D eigenvalue weighted by molar-refractivity contribution is 7.96. The number of aromatic hydroxyl groups is 1. The molecule has 0 unspecified atom stereocenters. The highest BCUT2D eigenvalue weighted by Crippen LogP contribution is 2.50. The Morgan fingerprint density at radius 1 is 0.784 bits per heavy atom. The van der Waals surface area contributed by atoms with Crippen molar-refractivity contribution in [3.63, 3.8) is 0 Å². The molecule has 5 aromatic carbocycles. The van der Waals surface area contributed by atoms with E-state index in [0.29, 0.717) is 0 Å². The van der Waals surface area contributed by atoms with Gasteiger partial charge in [-0.15, -0.1) is 0 Å². The fourth-order valence-electron chi connectivity index (χ4n) is 7.28. The van der Waals surface area contributed by atoms with E-state index in [2.05, 4.69) is 9.77 Å². The zero-order valence-corrected chi connectivity index (χ0v) is 28.3. The predicted octanol–water partition coefficient (Wildman–Crippen LogP) is 7.43. The summed E-state index contributed by atoms with van der Waals surface area (Å²) < 4.78 is 68.2. The number of nitrogens with zero attached hydrogens (tertiary/aromatic N) is 3. The molecule has 14 heteroatoms. The molecular weight excluding hydrogens is 693 g/mol. The van der Waals surface area contributed by atoms with Crippen molar-refractivity contribution in [3.05, 3.63) is 130 Å². The number of benzene rings is 5. The first-order valence-corrected chi connectivity index (χ1v) is 18.6. The molecule has 0 bridgehead atoms. The lowest BCUT2D eigenvalue weighted by atomic mass is 9.73. The first kappa shape index (κ1) is 33.5. The summed E-state index contributed by atoms with van der Waals surface area (Å²) in [5, 5.41) is 21.0. The number of carbonyl (C=O) groups excluding carboxylic acids is 1. The van der Waals surface area contributed by atoms with Gasteiger partial charge in [0.15, 0.2) is 4.98 Å². The number of phenolic OH excluding ortho intramolecular Hbond substituents is 1. The van der Waals surface area contributed by atoms with Crippen molar-refractivity contribution in [2.45, 2.75) is 36.0 Å². The molecule has 0 heterocycles. The van der Waals surface area contributed by atoms with E-state index < -0.39 is 47.8 Å². The van der Waals surface area contributed by atoms with Crippen molar-refractivity contribution in [2.24, 2.45) is 0 Å². The fraction of sp³-hybridized carbons (Fsp3) is 0.135. The number of fused-ring (bicyclic) bond motifs is 2. The Hall–Kier alpha value is -5.97. The number of ketones is 1. The highest BCUT2D eigenvalue weighted by Gasteiger charge is 2.40. The summed E-state index contributed by atoms with van der Waals surface area (Å²) >= 11 is 0. The maximum absolute atomic E-state index is 13.5. The summed E-state index contributed by atoms with van der Waals surface area (Å²) in [6.07, 6.45) is 4.40. The van der Waals surface area contributed by atoms with E-state index in [9.17, 15) is 36.7 Å². The minimum Gasteiger partial charge on any atom is -0.501 e. The lowest BCUT2D eigenvalue weighted by Crippen LogP contribution is -2.24. The highest BCUT2D eigenvalue weighted by atomic mass is 32.2. The third-order valence-corrected chi connectivity index (χ3v) is 11.8. The summed E-state index contributed by atoms with van der Waals surface area (Å²) in [4.78, 5) is 18.3. The van der Waals surface area contributed by atoms with Crippen LogP contribution in [-0.4, -0.2) is 42.8 Å². The van der Waals surface area contributed by atoms with Crippen molar-refractivity contribution in [1.82, 2.24) is 0 Å². The van der Waals surface area contributed by atoms with Crippen LogP contribution in [0, 0.1) is 10.9 Å². The van der Waals surface area contributed by atoms with Gasteiger partial charge in [-0.3, -0.25) is 9.35 Å². The number of carbonyl (C=O) groups is 1. The number of phenols is 1. The van der Waals surface area contributed by atoms with Crippen molar-refractivity contribution >= 4 is 53.1 Å². The molecule has 2 aliphatic carbocycles. The molecule has 0 aliphatic heterocycles. The molecule has 0 aromatic heterocycles. The predicted molar refractivity (Wildman–Crippen MR) is 188 cm³/mol. The molecule has 254 valence electrons. The number of diazo groups is 1. The molecule has 0 saturated heterocycles. The molecular formula is C37H28N4O8S2+2. The Labute approximate surface area is 292 Å². The lowest BCUT2D eigenvalue weighted by Gasteiger charge is -2.31. The Bertz CT molecular complexity index is 2630. The minimum atomic E-state index is -4.85. The average Bonchev–Trinajstić information content (AvgIpc) is 3.63. The van der Waals surface area contributed by atoms with E-state index in [1.165, 1.54) is 24.3 Å². The average molecular weight is 721 g/mol. The third kappa shape index (κ3) is 5.58. The number of allylic oxidation sites excluding steroid dienone is 1. The van der Waals surface area contributed by atoms with Gasteiger partial charge in [0, 0.05) is 27.3 Å². The quantitative estimate of drug-likeness (QED) is 0.0502. The van der Waals surface area contributed by atoms with Crippen LogP contribution in [0.3, 0.4) is 0 Å². The van der Waals surface area contributed by atoms with Gasteiger partial charge in [0.05, 0.1) is 16.4 Å². The zero-order valence-electron chi connectivity index (χ0n) is 26.6. The molecule has 7 rings (SSSR count). The number of Topliss-reactive ketones (excluding diaryl/α,β-unsaturated/α-hetero) is 1. The maximum Gasteiger partial charge on any atom is 0.435 e. The Kier molecular flexibility index (Phi) is 8.16. The van der Waals surface area contributed by atoms with E-state index in [1.807, 2.05) is 12.1 Å². The van der Waals surface area contributed by atoms with Gasteiger partial charge in [-0.25, -0.2) is 0 Å². The molecule has 0 amide bonds. The van der Waals surface area contributed by atoms with Gasteiger partial charge < -0.3 is 9.29 Å². The van der Waals surface area contributed by atoms with E-state index in [4.69, 9.17) is 9.71 Å². The van der Waals surface area contributed by atoms with Crippen molar-refractivity contribution < 1.29 is 40.3 Å². The smallest absolute Gasteiger partial charge is 0.435 e. The second kappa shape index (κ2) is 12.4. The molecule has 2 aliphatic rings. The van der Waals surface area contributed by atoms with Crippen LogP contribution in [0.25, 0.3) is 31.8 Å². The van der Waals surface area contributed by atoms with Gasteiger partial charge in [0.1, 0.15) is 21.1 Å². The summed E-state index contributed by atoms with van der Waals surface area (Å²) in [7, 11) is -9.30. The Morgan fingerprint density at radius 3 is 1.94 bits per heavy atom. The van der Waals surface area contributed by atoms with Crippen molar-refractivity contribution in [1.29, 1.82) is 10.9 Å². The van der Waals surface area contributed by atoms with E-state index in [-0.39, 0.29) is 49.4 Å². The van der Waals surface area contributed by atoms with Gasteiger partial charge in [0.2, 0.25) is 11.1 Å². The molecule has 3 N–H and O–H groups in total. The SMILES string of the molecule is N#[N+]c1c(-c2ccc(C3(c4ccc(OS(=O)(=O)C5=CC(=[N+]=N)C(=O)c6ccccc65)cc4)CCCC3)cc2)c(S(=O)(=O)O)c2ccccc2c1O. The third-order valence-electron chi connectivity index (χ3n) is 9.60. The minimum absolute atomic E-state index is 0.0380. The molecule has 12 nitrogen and oxygen atoms in total. The second-order valence-corrected chi connectivity index (χ2v) is 15.2. The number of hydrogen-bond donors (Lipinski definition) is 3. The van der Waals surface area contributed by atoms with Gasteiger partial charge in [-0.2, -0.15) is 16.8 Å².